The number of para-hydroxylation sites is 1. The lowest BCUT2D eigenvalue weighted by Crippen LogP contribution is -2.63. The second-order valence-corrected chi connectivity index (χ2v) is 12.7. The van der Waals surface area contributed by atoms with Gasteiger partial charge in [0.1, 0.15) is 6.54 Å². The lowest BCUT2D eigenvalue weighted by atomic mass is 9.68. The quantitative estimate of drug-likeness (QED) is 0.488. The topological polar surface area (TPSA) is 63.9 Å². The minimum Gasteiger partial charge on any atom is -0.316 e. The van der Waals surface area contributed by atoms with Crippen LogP contribution in [0.25, 0.3) is 0 Å². The number of urea groups is 1. The van der Waals surface area contributed by atoms with Crippen LogP contribution in [0.3, 0.4) is 0 Å². The van der Waals surface area contributed by atoms with E-state index in [-0.39, 0.29) is 18.1 Å². The maximum atomic E-state index is 14.4. The zero-order valence-electron chi connectivity index (χ0n) is 22.1. The molecular formula is C30H42N6O. The van der Waals surface area contributed by atoms with Gasteiger partial charge in [0.2, 0.25) is 0 Å². The second kappa shape index (κ2) is 10.1. The molecule has 2 aliphatic carbocycles. The van der Waals surface area contributed by atoms with Gasteiger partial charge in [-0.05, 0) is 87.0 Å². The molecule has 198 valence electrons. The maximum Gasteiger partial charge on any atom is 0.325 e. The summed E-state index contributed by atoms with van der Waals surface area (Å²) in [6.07, 6.45) is 16.8. The van der Waals surface area contributed by atoms with Crippen molar-refractivity contribution in [3.05, 3.63) is 30.3 Å². The standard InChI is InChI=1S/C30H42N6O/c37-30(34-14-6-13-29(34)28-20-31-33-32-28)36(23-9-2-1-3-10-23)27-18-24-11-5-12-25(19-27)35(24)26-16-21-7-4-8-22(15-21)17-26/h1-3,9-10,21-22,24-27,29H,4-8,11-20H2/t21-,22+,24-,25+,26+,27+,29-/m0/s1. The molecule has 2 amide bonds. The summed E-state index contributed by atoms with van der Waals surface area (Å²) in [6.45, 7) is 1.33. The number of hydrogen-bond acceptors (Lipinski definition) is 5. The van der Waals surface area contributed by atoms with Crippen molar-refractivity contribution in [3.63, 3.8) is 0 Å². The Kier molecular flexibility index (Phi) is 6.51. The van der Waals surface area contributed by atoms with Crippen LogP contribution in [0, 0.1) is 11.8 Å². The molecule has 7 rings (SSSR count). The van der Waals surface area contributed by atoms with Crippen LogP contribution in [0.1, 0.15) is 83.5 Å². The predicted molar refractivity (Wildman–Crippen MR) is 146 cm³/mol. The molecule has 7 heteroatoms. The minimum absolute atomic E-state index is 0.0370. The van der Waals surface area contributed by atoms with Crippen LogP contribution in [-0.2, 0) is 0 Å². The fraction of sp³-hybridized carbons (Fsp3) is 0.733. The number of anilines is 1. The van der Waals surface area contributed by atoms with Crippen LogP contribution in [-0.4, -0.2) is 64.8 Å². The Labute approximate surface area is 221 Å². The zero-order valence-corrected chi connectivity index (χ0v) is 22.1. The van der Waals surface area contributed by atoms with Crippen molar-refractivity contribution in [3.8, 4) is 0 Å². The molecule has 6 aliphatic rings. The number of hydrogen-bond donors (Lipinski definition) is 0. The zero-order chi connectivity index (χ0) is 24.8. The Hall–Kier alpha value is -2.28. The number of carbonyl (C=O) groups excluding carboxylic acids is 1. The van der Waals surface area contributed by atoms with Crippen molar-refractivity contribution in [1.82, 2.24) is 9.80 Å². The van der Waals surface area contributed by atoms with E-state index in [0.29, 0.717) is 18.6 Å². The lowest BCUT2D eigenvalue weighted by molar-refractivity contribution is -0.0404. The summed E-state index contributed by atoms with van der Waals surface area (Å²) in [7, 11) is 0. The number of rotatable bonds is 4. The number of likely N-dealkylation sites (tertiary alicyclic amines) is 1. The molecule has 37 heavy (non-hydrogen) atoms. The highest BCUT2D eigenvalue weighted by Gasteiger charge is 2.47. The summed E-state index contributed by atoms with van der Waals surface area (Å²) in [5, 5.41) is 12.2. The largest absolute Gasteiger partial charge is 0.325 e. The fourth-order valence-electron chi connectivity index (χ4n) is 9.08. The Morgan fingerprint density at radius 2 is 1.54 bits per heavy atom. The van der Waals surface area contributed by atoms with Gasteiger partial charge in [-0.1, -0.05) is 43.9 Å². The monoisotopic (exact) mass is 502 g/mol. The minimum atomic E-state index is 0.0370. The molecule has 0 unspecified atom stereocenters. The van der Waals surface area contributed by atoms with Crippen molar-refractivity contribution in [2.75, 3.05) is 18.0 Å². The molecule has 4 heterocycles. The number of piperidine rings is 2. The predicted octanol–water partition coefficient (Wildman–Crippen LogP) is 6.25. The van der Waals surface area contributed by atoms with Crippen LogP contribution >= 0.6 is 0 Å². The van der Waals surface area contributed by atoms with E-state index in [1.165, 1.54) is 57.8 Å². The molecule has 7 nitrogen and oxygen atoms in total. The first-order chi connectivity index (χ1) is 18.2. The summed E-state index contributed by atoms with van der Waals surface area (Å²) in [6, 6.07) is 12.9. The van der Waals surface area contributed by atoms with E-state index < -0.39 is 0 Å². The summed E-state index contributed by atoms with van der Waals surface area (Å²) in [5.74, 6) is 1.92. The van der Waals surface area contributed by atoms with Gasteiger partial charge in [0.05, 0.1) is 11.8 Å². The van der Waals surface area contributed by atoms with Crippen molar-refractivity contribution in [2.24, 2.45) is 27.3 Å². The van der Waals surface area contributed by atoms with Crippen LogP contribution in [0.4, 0.5) is 10.5 Å². The normalized spacial score (nSPS) is 37.5. The molecule has 5 fully saturated rings. The van der Waals surface area contributed by atoms with Crippen molar-refractivity contribution < 1.29 is 4.79 Å². The first-order valence-corrected chi connectivity index (χ1v) is 15.1. The molecule has 3 saturated heterocycles. The van der Waals surface area contributed by atoms with Gasteiger partial charge in [0.15, 0.2) is 0 Å². The smallest absolute Gasteiger partial charge is 0.316 e. The van der Waals surface area contributed by atoms with Crippen molar-refractivity contribution in [2.45, 2.75) is 114 Å². The third-order valence-electron chi connectivity index (χ3n) is 10.5. The first-order valence-electron chi connectivity index (χ1n) is 15.1. The average Bonchev–Trinajstić information content (AvgIpc) is 3.61. The second-order valence-electron chi connectivity index (χ2n) is 12.7. The molecule has 4 aliphatic heterocycles. The molecule has 7 atom stereocenters. The highest BCUT2D eigenvalue weighted by Crippen LogP contribution is 2.46. The van der Waals surface area contributed by atoms with Gasteiger partial charge >= 0.3 is 6.03 Å². The molecule has 1 aromatic carbocycles. The first kappa shape index (κ1) is 23.8. The molecule has 0 spiro atoms. The van der Waals surface area contributed by atoms with E-state index in [1.54, 1.807) is 0 Å². The molecule has 4 bridgehead atoms. The Balaban J connectivity index is 1.14. The average molecular weight is 503 g/mol. The van der Waals surface area contributed by atoms with Crippen LogP contribution in [0.2, 0.25) is 0 Å². The Morgan fingerprint density at radius 1 is 0.811 bits per heavy atom. The van der Waals surface area contributed by atoms with E-state index >= 15 is 0 Å². The van der Waals surface area contributed by atoms with Crippen LogP contribution < -0.4 is 4.90 Å². The van der Waals surface area contributed by atoms with Crippen LogP contribution in [0.5, 0.6) is 0 Å². The van der Waals surface area contributed by atoms with Gasteiger partial charge in [-0.25, -0.2) is 4.79 Å². The van der Waals surface area contributed by atoms with Crippen molar-refractivity contribution >= 4 is 17.4 Å². The van der Waals surface area contributed by atoms with E-state index in [1.807, 2.05) is 0 Å². The number of amides is 2. The van der Waals surface area contributed by atoms with Gasteiger partial charge in [0, 0.05) is 36.4 Å². The number of nitrogens with zero attached hydrogens (tertiary/aromatic N) is 6. The van der Waals surface area contributed by atoms with Gasteiger partial charge in [0.25, 0.3) is 0 Å². The maximum absolute atomic E-state index is 14.4. The van der Waals surface area contributed by atoms with Gasteiger partial charge < -0.3 is 4.90 Å². The molecule has 1 aromatic rings. The SMILES string of the molecule is O=C(N1CCC[C@H]1C1=NN=NC1)N(c1ccccc1)[C@H]1C[C@H]2CCC[C@@H](C1)N2[C@H]1C[C@@H]2CCC[C@@H](C2)C1. The van der Waals surface area contributed by atoms with Gasteiger partial charge in [-0.15, -0.1) is 5.10 Å². The summed E-state index contributed by atoms with van der Waals surface area (Å²) >= 11 is 0. The van der Waals surface area contributed by atoms with E-state index in [9.17, 15) is 4.79 Å². The van der Waals surface area contributed by atoms with Crippen molar-refractivity contribution in [1.29, 1.82) is 0 Å². The highest BCUT2D eigenvalue weighted by atomic mass is 16.2. The Morgan fingerprint density at radius 3 is 2.24 bits per heavy atom. The lowest BCUT2D eigenvalue weighted by Gasteiger charge is -2.56. The summed E-state index contributed by atoms with van der Waals surface area (Å²) < 4.78 is 0. The third kappa shape index (κ3) is 4.51. The number of benzene rings is 1. The van der Waals surface area contributed by atoms with E-state index in [0.717, 1.165) is 61.5 Å². The fourth-order valence-corrected chi connectivity index (χ4v) is 9.08. The third-order valence-corrected chi connectivity index (χ3v) is 10.5. The Bertz CT molecular complexity index is 1020. The van der Waals surface area contributed by atoms with E-state index in [2.05, 4.69) is 60.5 Å². The van der Waals surface area contributed by atoms with Crippen LogP contribution in [0.15, 0.2) is 45.8 Å². The van der Waals surface area contributed by atoms with Gasteiger partial charge in [-0.2, -0.15) is 5.11 Å². The molecule has 0 N–H and O–H groups in total. The molecule has 0 radical (unpaired) electrons. The van der Waals surface area contributed by atoms with Gasteiger partial charge in [-0.3, -0.25) is 9.80 Å². The molecule has 2 saturated carbocycles. The molecular weight excluding hydrogens is 460 g/mol. The summed E-state index contributed by atoms with van der Waals surface area (Å²) in [4.78, 5) is 21.6. The summed E-state index contributed by atoms with van der Waals surface area (Å²) in [5.41, 5.74) is 2.00. The number of fused-ring (bicyclic) bond motifs is 4. The van der Waals surface area contributed by atoms with E-state index in [4.69, 9.17) is 0 Å². The highest BCUT2D eigenvalue weighted by molar-refractivity contribution is 5.99. The molecule has 0 aromatic heterocycles. The number of carbonyl (C=O) groups is 1.